The minimum atomic E-state index is -0.0678. The summed E-state index contributed by atoms with van der Waals surface area (Å²) in [5.41, 5.74) is 2.88. The molecule has 2 aliphatic rings. The lowest BCUT2D eigenvalue weighted by Gasteiger charge is -2.27. The zero-order valence-electron chi connectivity index (χ0n) is 19.5. The van der Waals surface area contributed by atoms with Crippen molar-refractivity contribution in [1.29, 1.82) is 0 Å². The first-order valence-electron chi connectivity index (χ1n) is 11.2. The van der Waals surface area contributed by atoms with Gasteiger partial charge in [0.05, 0.1) is 6.19 Å². The van der Waals surface area contributed by atoms with Crippen molar-refractivity contribution >= 4 is 24.8 Å². The number of carbonyl (C=O) groups is 1. The number of benzene rings is 2. The lowest BCUT2D eigenvalue weighted by atomic mass is 9.55. The van der Waals surface area contributed by atoms with Crippen molar-refractivity contribution in [3.8, 4) is 11.1 Å². The highest BCUT2D eigenvalue weighted by atomic mass is 32.2. The van der Waals surface area contributed by atoms with Gasteiger partial charge in [0.2, 0.25) is 6.71 Å². The Morgan fingerprint density at radius 1 is 1.25 bits per heavy atom. The summed E-state index contributed by atoms with van der Waals surface area (Å²) in [7, 11) is 3.77. The van der Waals surface area contributed by atoms with Gasteiger partial charge in [0.1, 0.15) is 5.82 Å². The average Bonchev–Trinajstić information content (AvgIpc) is 3.53. The normalized spacial score (nSPS) is 21.2. The number of hydrogen-bond donors (Lipinski definition) is 1. The van der Waals surface area contributed by atoms with Crippen LogP contribution in [0.25, 0.3) is 11.1 Å². The van der Waals surface area contributed by atoms with Crippen LogP contribution in [-0.2, 0) is 16.0 Å². The molecule has 4 rings (SSSR count). The van der Waals surface area contributed by atoms with Gasteiger partial charge in [-0.1, -0.05) is 67.3 Å². The molecule has 172 valence electrons. The second kappa shape index (κ2) is 11.5. The molecule has 1 saturated heterocycles. The van der Waals surface area contributed by atoms with Crippen LogP contribution in [0.1, 0.15) is 18.4 Å². The quantitative estimate of drug-likeness (QED) is 0.362. The Morgan fingerprint density at radius 2 is 1.97 bits per heavy atom. The molecule has 1 N–H and O–H groups in total. The molecule has 2 aromatic rings. The molecule has 1 spiro atoms. The second-order valence-corrected chi connectivity index (χ2v) is 9.71. The maximum absolute atomic E-state index is 15.2. The topological polar surface area (TPSA) is 41.6 Å². The van der Waals surface area contributed by atoms with Gasteiger partial charge in [-0.3, -0.25) is 4.72 Å². The molecular weight excluding hydrogens is 422 g/mol. The number of rotatable bonds is 8. The molecule has 2 aromatic carbocycles. The molecule has 1 aliphatic carbocycles. The Balaban J connectivity index is 0.000000360. The zero-order valence-corrected chi connectivity index (χ0v) is 20.3. The third-order valence-electron chi connectivity index (χ3n) is 6.57. The van der Waals surface area contributed by atoms with E-state index in [2.05, 4.69) is 27.7 Å². The van der Waals surface area contributed by atoms with Crippen LogP contribution in [0.5, 0.6) is 0 Å². The summed E-state index contributed by atoms with van der Waals surface area (Å²) in [5, 5.41) is 0. The summed E-state index contributed by atoms with van der Waals surface area (Å²) in [4.78, 5) is 12.2. The molecule has 4 nitrogen and oxygen atoms in total. The van der Waals surface area contributed by atoms with Crippen LogP contribution < -0.4 is 4.72 Å². The highest BCUT2D eigenvalue weighted by molar-refractivity contribution is 7.96. The van der Waals surface area contributed by atoms with E-state index in [1.807, 2.05) is 55.4 Å². The van der Waals surface area contributed by atoms with Crippen molar-refractivity contribution in [2.24, 2.45) is 5.41 Å². The predicted molar refractivity (Wildman–Crippen MR) is 134 cm³/mol. The molecule has 2 unspecified atom stereocenters. The minimum Gasteiger partial charge on any atom is -0.392 e. The van der Waals surface area contributed by atoms with E-state index in [4.69, 9.17) is 0 Å². The van der Waals surface area contributed by atoms with Crippen LogP contribution in [0.2, 0.25) is 6.82 Å². The van der Waals surface area contributed by atoms with E-state index in [0.29, 0.717) is 29.6 Å². The monoisotopic (exact) mass is 456 g/mol. The van der Waals surface area contributed by atoms with Crippen LogP contribution in [0.3, 0.4) is 0 Å². The van der Waals surface area contributed by atoms with Gasteiger partial charge in [0.25, 0.3) is 0 Å². The number of ether oxygens (including phenoxy) is 1. The molecule has 32 heavy (non-hydrogen) atoms. The van der Waals surface area contributed by atoms with E-state index in [-0.39, 0.29) is 12.5 Å². The molecule has 0 aromatic heterocycles. The largest absolute Gasteiger partial charge is 0.392 e. The maximum atomic E-state index is 15.2. The molecule has 0 bridgehead atoms. The first-order valence-corrected chi connectivity index (χ1v) is 12.4. The van der Waals surface area contributed by atoms with Crippen LogP contribution in [0.4, 0.5) is 4.39 Å². The van der Waals surface area contributed by atoms with Crippen molar-refractivity contribution in [2.75, 3.05) is 33.5 Å². The van der Waals surface area contributed by atoms with E-state index in [0.717, 1.165) is 30.3 Å². The third-order valence-corrected chi connectivity index (χ3v) is 7.06. The maximum Gasteiger partial charge on any atom is 0.245 e. The summed E-state index contributed by atoms with van der Waals surface area (Å²) >= 11 is 1.69. The third kappa shape index (κ3) is 5.82. The SMILES string of the molecule is COCB(C)C=O.CSNC1C(Cc2cccc(-c3ccccc3)c2F)N(C)CC12CC2. The molecule has 7 heteroatoms. The number of nitrogens with one attached hydrogen (secondary N) is 1. The fourth-order valence-electron chi connectivity index (χ4n) is 4.71. The van der Waals surface area contributed by atoms with E-state index in [9.17, 15) is 4.79 Å². The smallest absolute Gasteiger partial charge is 0.245 e. The van der Waals surface area contributed by atoms with Crippen molar-refractivity contribution in [2.45, 2.75) is 38.2 Å². The molecular formula is C25H34BFN2O2S. The van der Waals surface area contributed by atoms with Gasteiger partial charge < -0.3 is 14.4 Å². The van der Waals surface area contributed by atoms with Crippen molar-refractivity contribution in [3.05, 3.63) is 59.9 Å². The molecule has 2 atom stereocenters. The zero-order chi connectivity index (χ0) is 23.1. The van der Waals surface area contributed by atoms with Crippen LogP contribution in [-0.4, -0.2) is 63.3 Å². The first-order chi connectivity index (χ1) is 15.5. The summed E-state index contributed by atoms with van der Waals surface area (Å²) in [6, 6.07) is 16.4. The standard InChI is InChI=1S/C21H25FN2S.C4H9BO2/c1-24-14-21(11-12-21)20(23-25-2)18(24)13-16-9-6-10-17(19(16)22)15-7-4-3-5-8-15;1-5(3-6)4-7-2/h3-10,18,20,23H,11-14H2,1-2H3;3H,4H2,1-2H3. The van der Waals surface area contributed by atoms with Crippen LogP contribution in [0.15, 0.2) is 48.5 Å². The number of hydrogen-bond acceptors (Lipinski definition) is 5. The molecule has 1 saturated carbocycles. The Morgan fingerprint density at radius 3 is 2.53 bits per heavy atom. The number of methoxy groups -OCH3 is 1. The number of nitrogens with zero attached hydrogens (tertiary/aromatic N) is 1. The number of likely N-dealkylation sites (tertiary alicyclic amines) is 1. The van der Waals surface area contributed by atoms with E-state index in [1.54, 1.807) is 19.1 Å². The van der Waals surface area contributed by atoms with Gasteiger partial charge in [-0.2, -0.15) is 0 Å². The van der Waals surface area contributed by atoms with Crippen LogP contribution in [0, 0.1) is 11.2 Å². The molecule has 0 amide bonds. The van der Waals surface area contributed by atoms with E-state index >= 15 is 4.39 Å². The summed E-state index contributed by atoms with van der Waals surface area (Å²) in [5.74, 6) is -0.0678. The Hall–Kier alpha value is -1.67. The van der Waals surface area contributed by atoms with Crippen molar-refractivity contribution < 1.29 is 13.9 Å². The second-order valence-electron chi connectivity index (χ2n) is 9.06. The van der Waals surface area contributed by atoms with E-state index in [1.165, 1.54) is 12.8 Å². The molecule has 1 aliphatic heterocycles. The number of halogens is 1. The Kier molecular flexibility index (Phi) is 8.94. The van der Waals surface area contributed by atoms with Gasteiger partial charge in [0.15, 0.2) is 0 Å². The van der Waals surface area contributed by atoms with Crippen molar-refractivity contribution in [3.63, 3.8) is 0 Å². The first kappa shape index (κ1) is 25.0. The van der Waals surface area contributed by atoms with Gasteiger partial charge >= 0.3 is 0 Å². The summed E-state index contributed by atoms with van der Waals surface area (Å²) in [6.07, 6.45) is 6.30. The van der Waals surface area contributed by atoms with E-state index < -0.39 is 0 Å². The minimum absolute atomic E-state index is 0.0463. The van der Waals surface area contributed by atoms with Gasteiger partial charge in [-0.25, -0.2) is 4.39 Å². The summed E-state index contributed by atoms with van der Waals surface area (Å²) in [6.45, 7) is 3.51. The Bertz CT molecular complexity index is 882. The lowest BCUT2D eigenvalue weighted by Crippen LogP contribution is -2.42. The van der Waals surface area contributed by atoms with Crippen LogP contribution >= 0.6 is 11.9 Å². The Labute approximate surface area is 196 Å². The van der Waals surface area contributed by atoms with Gasteiger partial charge in [0, 0.05) is 43.2 Å². The number of likely N-dealkylation sites (N-methyl/N-ethyl adjacent to an activating group) is 1. The predicted octanol–water partition coefficient (Wildman–Crippen LogP) is 4.43. The highest BCUT2D eigenvalue weighted by Crippen LogP contribution is 2.55. The fourth-order valence-corrected chi connectivity index (χ4v) is 5.38. The average molecular weight is 456 g/mol. The van der Waals surface area contributed by atoms with Gasteiger partial charge in [-0.15, -0.1) is 0 Å². The summed E-state index contributed by atoms with van der Waals surface area (Å²) < 4.78 is 23.5. The van der Waals surface area contributed by atoms with Crippen molar-refractivity contribution in [1.82, 2.24) is 9.62 Å². The van der Waals surface area contributed by atoms with Gasteiger partial charge in [-0.05, 0) is 43.7 Å². The molecule has 0 radical (unpaired) electrons. The fraction of sp³-hybridized carbons (Fsp3) is 0.480. The molecule has 1 heterocycles. The lowest BCUT2D eigenvalue weighted by molar-refractivity contribution is 0.250. The highest BCUT2D eigenvalue weighted by Gasteiger charge is 2.58. The molecule has 2 fully saturated rings. The number of carbonyl (C=O) groups excluding carboxylic acids is 1.